The number of hydrogen-bond acceptors (Lipinski definition) is 3. The van der Waals surface area contributed by atoms with Gasteiger partial charge in [-0.3, -0.25) is 0 Å². The van der Waals surface area contributed by atoms with Crippen LogP contribution in [0.5, 0.6) is 0 Å². The Balaban J connectivity index is 2.38. The Morgan fingerprint density at radius 1 is 1.23 bits per heavy atom. The molecule has 0 aliphatic carbocycles. The van der Waals surface area contributed by atoms with Gasteiger partial charge < -0.3 is 14.6 Å². The summed E-state index contributed by atoms with van der Waals surface area (Å²) in [6, 6.07) is 9.52. The van der Waals surface area contributed by atoms with Gasteiger partial charge in [0.25, 0.3) is 0 Å². The number of hydrogen-bond donors (Lipinski definition) is 1. The molecule has 22 heavy (non-hydrogen) atoms. The monoisotopic (exact) mass is 318 g/mol. The average molecular weight is 318 g/mol. The highest BCUT2D eigenvalue weighted by atomic mass is 19.4. The highest BCUT2D eigenvalue weighted by Gasteiger charge is 2.42. The first-order valence-electron chi connectivity index (χ1n) is 6.97. The molecular formula is C16H21F3O3. The minimum atomic E-state index is -4.45. The second-order valence-electron chi connectivity index (χ2n) is 4.78. The maximum absolute atomic E-state index is 12.9. The normalized spacial score (nSPS) is 15.1. The number of halogens is 3. The van der Waals surface area contributed by atoms with E-state index < -0.39 is 24.8 Å². The third-order valence-corrected chi connectivity index (χ3v) is 3.15. The van der Waals surface area contributed by atoms with Crippen LogP contribution in [0.4, 0.5) is 13.2 Å². The maximum atomic E-state index is 12.9. The summed E-state index contributed by atoms with van der Waals surface area (Å²) in [6.07, 6.45) is -2.95. The number of aliphatic hydroxyl groups is 1. The van der Waals surface area contributed by atoms with E-state index in [1.807, 2.05) is 30.3 Å². The quantitative estimate of drug-likeness (QED) is 0.561. The molecule has 3 nitrogen and oxygen atoms in total. The van der Waals surface area contributed by atoms with Crippen LogP contribution in [0.15, 0.2) is 42.5 Å². The van der Waals surface area contributed by atoms with Crippen LogP contribution in [0.3, 0.4) is 0 Å². The van der Waals surface area contributed by atoms with E-state index in [0.29, 0.717) is 19.6 Å². The second kappa shape index (κ2) is 9.61. The summed E-state index contributed by atoms with van der Waals surface area (Å²) in [5.41, 5.74) is 1.01. The summed E-state index contributed by atoms with van der Waals surface area (Å²) in [4.78, 5) is 0. The van der Waals surface area contributed by atoms with Crippen molar-refractivity contribution < 1.29 is 27.8 Å². The Kier molecular flexibility index (Phi) is 8.16. The zero-order chi connectivity index (χ0) is 16.4. The molecule has 0 fully saturated rings. The minimum Gasteiger partial charge on any atom is -0.394 e. The molecule has 1 aromatic carbocycles. The first-order valence-corrected chi connectivity index (χ1v) is 6.97. The fourth-order valence-electron chi connectivity index (χ4n) is 1.94. The fraction of sp³-hybridized carbons (Fsp3) is 0.500. The van der Waals surface area contributed by atoms with E-state index in [1.165, 1.54) is 6.08 Å². The molecule has 0 aromatic heterocycles. The third-order valence-electron chi connectivity index (χ3n) is 3.15. The van der Waals surface area contributed by atoms with E-state index in [9.17, 15) is 13.2 Å². The summed E-state index contributed by atoms with van der Waals surface area (Å²) < 4.78 is 48.7. The topological polar surface area (TPSA) is 38.7 Å². The number of aliphatic hydroxyl groups excluding tert-OH is 1. The maximum Gasteiger partial charge on any atom is 0.397 e. The van der Waals surface area contributed by atoms with Crippen LogP contribution in [-0.4, -0.2) is 37.7 Å². The van der Waals surface area contributed by atoms with E-state index >= 15 is 0 Å². The van der Waals surface area contributed by atoms with Crippen LogP contribution >= 0.6 is 0 Å². The molecule has 0 saturated heterocycles. The number of rotatable bonds is 9. The lowest BCUT2D eigenvalue weighted by Gasteiger charge is -2.23. The molecule has 0 unspecified atom stereocenters. The predicted molar refractivity (Wildman–Crippen MR) is 77.3 cm³/mol. The molecule has 0 aliphatic heterocycles. The molecule has 0 spiro atoms. The Morgan fingerprint density at radius 2 is 1.91 bits per heavy atom. The summed E-state index contributed by atoms with van der Waals surface area (Å²) in [5.74, 6) is -1.82. The Labute approximate surface area is 128 Å². The zero-order valence-corrected chi connectivity index (χ0v) is 12.4. The molecule has 0 bridgehead atoms. The molecule has 0 saturated carbocycles. The number of alkyl halides is 3. The highest BCUT2D eigenvalue weighted by Crippen LogP contribution is 2.31. The van der Waals surface area contributed by atoms with Crippen LogP contribution in [0.1, 0.15) is 12.0 Å². The zero-order valence-electron chi connectivity index (χ0n) is 12.4. The van der Waals surface area contributed by atoms with Gasteiger partial charge in [0.15, 0.2) is 0 Å². The summed E-state index contributed by atoms with van der Waals surface area (Å²) in [5, 5.41) is 8.94. The van der Waals surface area contributed by atoms with E-state index in [4.69, 9.17) is 9.84 Å². The van der Waals surface area contributed by atoms with Gasteiger partial charge in [-0.2, -0.15) is 13.2 Å². The molecule has 2 atom stereocenters. The lowest BCUT2D eigenvalue weighted by Crippen LogP contribution is -2.36. The minimum absolute atomic E-state index is 0.326. The molecular weight excluding hydrogens is 297 g/mol. The van der Waals surface area contributed by atoms with Gasteiger partial charge in [-0.15, -0.1) is 0 Å². The van der Waals surface area contributed by atoms with Crippen LogP contribution in [-0.2, 0) is 16.1 Å². The predicted octanol–water partition coefficient (Wildman–Crippen LogP) is 3.34. The van der Waals surface area contributed by atoms with Gasteiger partial charge in [0.1, 0.15) is 5.92 Å². The Bertz CT molecular complexity index is 428. The number of ether oxygens (including phenoxy) is 2. The molecule has 0 aliphatic rings. The van der Waals surface area contributed by atoms with E-state index in [1.54, 1.807) is 0 Å². The SMILES string of the molecule is CO[C@@H](CO)[C@@H](/C=C/CCOCc1ccccc1)C(F)(F)F. The Morgan fingerprint density at radius 3 is 2.45 bits per heavy atom. The van der Waals surface area contributed by atoms with Gasteiger partial charge >= 0.3 is 6.18 Å². The average Bonchev–Trinajstić information content (AvgIpc) is 2.49. The van der Waals surface area contributed by atoms with Crippen LogP contribution < -0.4 is 0 Å². The van der Waals surface area contributed by atoms with Gasteiger partial charge in [0, 0.05) is 7.11 Å². The molecule has 0 radical (unpaired) electrons. The van der Waals surface area contributed by atoms with Crippen molar-refractivity contribution in [3.05, 3.63) is 48.0 Å². The molecule has 0 amide bonds. The van der Waals surface area contributed by atoms with Crippen molar-refractivity contribution in [2.45, 2.75) is 25.3 Å². The van der Waals surface area contributed by atoms with Crippen LogP contribution in [0.25, 0.3) is 0 Å². The van der Waals surface area contributed by atoms with Gasteiger partial charge in [0.2, 0.25) is 0 Å². The van der Waals surface area contributed by atoms with Crippen molar-refractivity contribution in [1.29, 1.82) is 0 Å². The summed E-state index contributed by atoms with van der Waals surface area (Å²) in [6.45, 7) is 0.0665. The van der Waals surface area contributed by atoms with Gasteiger partial charge in [-0.05, 0) is 12.0 Å². The molecule has 6 heteroatoms. The van der Waals surface area contributed by atoms with E-state index in [0.717, 1.165) is 18.7 Å². The first kappa shape index (κ1) is 18.7. The molecule has 124 valence electrons. The highest BCUT2D eigenvalue weighted by molar-refractivity contribution is 5.13. The van der Waals surface area contributed by atoms with E-state index in [2.05, 4.69) is 4.74 Å². The van der Waals surface area contributed by atoms with Crippen molar-refractivity contribution in [3.63, 3.8) is 0 Å². The first-order chi connectivity index (χ1) is 10.5. The largest absolute Gasteiger partial charge is 0.397 e. The van der Waals surface area contributed by atoms with Crippen molar-refractivity contribution >= 4 is 0 Å². The fourth-order valence-corrected chi connectivity index (χ4v) is 1.94. The van der Waals surface area contributed by atoms with E-state index in [-0.39, 0.29) is 0 Å². The smallest absolute Gasteiger partial charge is 0.394 e. The van der Waals surface area contributed by atoms with Gasteiger partial charge in [-0.25, -0.2) is 0 Å². The number of methoxy groups -OCH3 is 1. The summed E-state index contributed by atoms with van der Waals surface area (Å²) >= 11 is 0. The van der Waals surface area contributed by atoms with Crippen molar-refractivity contribution in [1.82, 2.24) is 0 Å². The standard InChI is InChI=1S/C16H21F3O3/c1-21-15(11-20)14(16(17,18)19)9-5-6-10-22-12-13-7-3-2-4-8-13/h2-5,7-9,14-15,20H,6,10-12H2,1H3/b9-5+/t14-,15+/m1/s1. The third kappa shape index (κ3) is 6.60. The van der Waals surface area contributed by atoms with Gasteiger partial charge in [0.05, 0.1) is 25.9 Å². The Hall–Kier alpha value is -1.37. The van der Waals surface area contributed by atoms with Crippen LogP contribution in [0.2, 0.25) is 0 Å². The molecule has 1 rings (SSSR count). The number of benzene rings is 1. The summed E-state index contributed by atoms with van der Waals surface area (Å²) in [7, 11) is 1.15. The van der Waals surface area contributed by atoms with Crippen molar-refractivity contribution in [2.24, 2.45) is 5.92 Å². The molecule has 0 heterocycles. The van der Waals surface area contributed by atoms with Crippen molar-refractivity contribution in [2.75, 3.05) is 20.3 Å². The molecule has 1 aromatic rings. The lowest BCUT2D eigenvalue weighted by atomic mass is 10.0. The lowest BCUT2D eigenvalue weighted by molar-refractivity contribution is -0.193. The second-order valence-corrected chi connectivity index (χ2v) is 4.78. The van der Waals surface area contributed by atoms with Gasteiger partial charge in [-0.1, -0.05) is 42.5 Å². The molecule has 1 N–H and O–H groups in total. The van der Waals surface area contributed by atoms with Crippen LogP contribution in [0, 0.1) is 5.92 Å². The van der Waals surface area contributed by atoms with Crippen molar-refractivity contribution in [3.8, 4) is 0 Å².